The summed E-state index contributed by atoms with van der Waals surface area (Å²) in [4.78, 5) is 14.7. The first-order chi connectivity index (χ1) is 8.65. The number of hydrogen-bond donors (Lipinski definition) is 2. The molecule has 0 saturated heterocycles. The third kappa shape index (κ3) is 2.98. The van der Waals surface area contributed by atoms with Crippen LogP contribution in [0.3, 0.4) is 0 Å². The van der Waals surface area contributed by atoms with Gasteiger partial charge in [-0.2, -0.15) is 0 Å². The molecule has 0 bridgehead atoms. The fourth-order valence-electron chi connectivity index (χ4n) is 1.38. The smallest absolute Gasteiger partial charge is 0.354 e. The van der Waals surface area contributed by atoms with Gasteiger partial charge in [0.05, 0.1) is 5.69 Å². The zero-order valence-corrected chi connectivity index (χ0v) is 9.41. The lowest BCUT2D eigenvalue weighted by molar-refractivity contribution is 0.0690. The van der Waals surface area contributed by atoms with Gasteiger partial charge >= 0.3 is 5.97 Å². The second-order valence-electron chi connectivity index (χ2n) is 3.60. The fourth-order valence-corrected chi connectivity index (χ4v) is 1.38. The van der Waals surface area contributed by atoms with E-state index in [1.54, 1.807) is 24.3 Å². The zero-order chi connectivity index (χ0) is 13.0. The van der Waals surface area contributed by atoms with Gasteiger partial charge < -0.3 is 14.9 Å². The standard InChI is InChI=1S/C13H11NO4/c15-10-4-6-11(7-5-10)18-8-9-2-1-3-12(14-9)13(16)17/h1-7,15H,8H2,(H,16,17). The third-order valence-electron chi connectivity index (χ3n) is 2.25. The number of ether oxygens (including phenoxy) is 1. The van der Waals surface area contributed by atoms with E-state index in [1.165, 1.54) is 18.2 Å². The van der Waals surface area contributed by atoms with Gasteiger partial charge in [-0.1, -0.05) is 6.07 Å². The van der Waals surface area contributed by atoms with Crippen molar-refractivity contribution in [1.29, 1.82) is 0 Å². The number of aromatic nitrogens is 1. The minimum atomic E-state index is -1.07. The first kappa shape index (κ1) is 11.9. The molecule has 92 valence electrons. The van der Waals surface area contributed by atoms with Gasteiger partial charge in [-0.15, -0.1) is 0 Å². The number of aromatic carboxylic acids is 1. The number of pyridine rings is 1. The molecule has 0 aliphatic heterocycles. The molecule has 0 fully saturated rings. The Kier molecular flexibility index (Phi) is 3.43. The molecule has 5 heteroatoms. The van der Waals surface area contributed by atoms with Gasteiger partial charge in [0.15, 0.2) is 0 Å². The summed E-state index contributed by atoms with van der Waals surface area (Å²) in [6.07, 6.45) is 0. The summed E-state index contributed by atoms with van der Waals surface area (Å²) in [6.45, 7) is 0.173. The lowest BCUT2D eigenvalue weighted by Gasteiger charge is -2.06. The van der Waals surface area contributed by atoms with Crippen molar-refractivity contribution in [2.75, 3.05) is 0 Å². The minimum absolute atomic E-state index is 0.0122. The summed E-state index contributed by atoms with van der Waals surface area (Å²) >= 11 is 0. The number of carboxylic acid groups (broad SMARTS) is 1. The average Bonchev–Trinajstić information content (AvgIpc) is 2.38. The van der Waals surface area contributed by atoms with Crippen molar-refractivity contribution >= 4 is 5.97 Å². The largest absolute Gasteiger partial charge is 0.508 e. The van der Waals surface area contributed by atoms with Crippen LogP contribution in [0.1, 0.15) is 16.2 Å². The van der Waals surface area contributed by atoms with Crippen molar-refractivity contribution in [3.05, 3.63) is 53.9 Å². The Morgan fingerprint density at radius 3 is 2.56 bits per heavy atom. The Morgan fingerprint density at radius 2 is 1.89 bits per heavy atom. The molecule has 5 nitrogen and oxygen atoms in total. The molecule has 0 spiro atoms. The highest BCUT2D eigenvalue weighted by molar-refractivity contribution is 5.85. The van der Waals surface area contributed by atoms with E-state index >= 15 is 0 Å². The van der Waals surface area contributed by atoms with Gasteiger partial charge in [-0.25, -0.2) is 9.78 Å². The van der Waals surface area contributed by atoms with E-state index in [4.69, 9.17) is 14.9 Å². The Hall–Kier alpha value is -2.56. The molecule has 2 N–H and O–H groups in total. The number of phenols is 1. The van der Waals surface area contributed by atoms with E-state index in [1.807, 2.05) is 0 Å². The quantitative estimate of drug-likeness (QED) is 0.861. The fraction of sp³-hybridized carbons (Fsp3) is 0.0769. The molecule has 1 heterocycles. The van der Waals surface area contributed by atoms with Crippen LogP contribution in [0.4, 0.5) is 0 Å². The maximum atomic E-state index is 10.7. The Balaban J connectivity index is 2.04. The lowest BCUT2D eigenvalue weighted by atomic mass is 10.3. The van der Waals surface area contributed by atoms with E-state index in [9.17, 15) is 4.79 Å². The zero-order valence-electron chi connectivity index (χ0n) is 9.41. The van der Waals surface area contributed by atoms with Crippen molar-refractivity contribution in [3.63, 3.8) is 0 Å². The van der Waals surface area contributed by atoms with E-state index in [0.29, 0.717) is 11.4 Å². The second kappa shape index (κ2) is 5.18. The Morgan fingerprint density at radius 1 is 1.17 bits per heavy atom. The molecule has 0 radical (unpaired) electrons. The van der Waals surface area contributed by atoms with Gasteiger partial charge in [0.25, 0.3) is 0 Å². The summed E-state index contributed by atoms with van der Waals surface area (Å²) in [5, 5.41) is 17.9. The summed E-state index contributed by atoms with van der Waals surface area (Å²) in [7, 11) is 0. The Labute approximate surface area is 103 Å². The van der Waals surface area contributed by atoms with Gasteiger partial charge in [0.1, 0.15) is 23.8 Å². The monoisotopic (exact) mass is 245 g/mol. The van der Waals surface area contributed by atoms with Crippen LogP contribution in [0.15, 0.2) is 42.5 Å². The van der Waals surface area contributed by atoms with Crippen molar-refractivity contribution in [2.45, 2.75) is 6.61 Å². The van der Waals surface area contributed by atoms with Crippen molar-refractivity contribution < 1.29 is 19.7 Å². The number of carbonyl (C=O) groups is 1. The predicted octanol–water partition coefficient (Wildman–Crippen LogP) is 2.06. The summed E-state index contributed by atoms with van der Waals surface area (Å²) < 4.78 is 5.42. The summed E-state index contributed by atoms with van der Waals surface area (Å²) in [5.74, 6) is -0.329. The highest BCUT2D eigenvalue weighted by Gasteiger charge is 2.05. The molecule has 0 aliphatic rings. The van der Waals surface area contributed by atoms with E-state index in [-0.39, 0.29) is 18.1 Å². The molecule has 0 aliphatic carbocycles. The van der Waals surface area contributed by atoms with Crippen LogP contribution in [-0.4, -0.2) is 21.2 Å². The minimum Gasteiger partial charge on any atom is -0.508 e. The average molecular weight is 245 g/mol. The summed E-state index contributed by atoms with van der Waals surface area (Å²) in [5.41, 5.74) is 0.518. The van der Waals surface area contributed by atoms with Crippen LogP contribution in [0.5, 0.6) is 11.5 Å². The number of benzene rings is 1. The normalized spacial score (nSPS) is 10.0. The second-order valence-corrected chi connectivity index (χ2v) is 3.60. The number of carboxylic acids is 1. The Bertz CT molecular complexity index is 551. The van der Waals surface area contributed by atoms with Crippen LogP contribution in [0.2, 0.25) is 0 Å². The van der Waals surface area contributed by atoms with E-state index in [2.05, 4.69) is 4.98 Å². The maximum absolute atomic E-state index is 10.7. The topological polar surface area (TPSA) is 79.7 Å². The maximum Gasteiger partial charge on any atom is 0.354 e. The molecular formula is C13H11NO4. The molecule has 2 rings (SSSR count). The summed E-state index contributed by atoms with van der Waals surface area (Å²) in [6, 6.07) is 11.0. The van der Waals surface area contributed by atoms with Crippen molar-refractivity contribution in [2.24, 2.45) is 0 Å². The number of nitrogens with zero attached hydrogens (tertiary/aromatic N) is 1. The van der Waals surface area contributed by atoms with Crippen LogP contribution in [0.25, 0.3) is 0 Å². The molecule has 1 aromatic heterocycles. The van der Waals surface area contributed by atoms with Crippen LogP contribution < -0.4 is 4.74 Å². The van der Waals surface area contributed by atoms with Gasteiger partial charge in [-0.05, 0) is 36.4 Å². The molecule has 1 aromatic carbocycles. The highest BCUT2D eigenvalue weighted by atomic mass is 16.5. The molecule has 0 atom stereocenters. The van der Waals surface area contributed by atoms with Crippen LogP contribution >= 0.6 is 0 Å². The van der Waals surface area contributed by atoms with Gasteiger partial charge in [0, 0.05) is 0 Å². The molecule has 18 heavy (non-hydrogen) atoms. The molecule has 0 amide bonds. The highest BCUT2D eigenvalue weighted by Crippen LogP contribution is 2.16. The van der Waals surface area contributed by atoms with E-state index < -0.39 is 5.97 Å². The van der Waals surface area contributed by atoms with Crippen molar-refractivity contribution in [1.82, 2.24) is 4.98 Å². The van der Waals surface area contributed by atoms with Crippen LogP contribution in [0, 0.1) is 0 Å². The van der Waals surface area contributed by atoms with Crippen LogP contribution in [-0.2, 0) is 6.61 Å². The number of rotatable bonds is 4. The molecular weight excluding hydrogens is 234 g/mol. The predicted molar refractivity (Wildman–Crippen MR) is 63.6 cm³/mol. The molecule has 0 unspecified atom stereocenters. The van der Waals surface area contributed by atoms with Crippen molar-refractivity contribution in [3.8, 4) is 11.5 Å². The van der Waals surface area contributed by atoms with Gasteiger partial charge in [-0.3, -0.25) is 0 Å². The third-order valence-corrected chi connectivity index (χ3v) is 2.25. The van der Waals surface area contributed by atoms with E-state index in [0.717, 1.165) is 0 Å². The first-order valence-electron chi connectivity index (χ1n) is 5.26. The number of hydrogen-bond acceptors (Lipinski definition) is 4. The molecule has 2 aromatic rings. The first-order valence-corrected chi connectivity index (χ1v) is 5.26. The number of phenolic OH excluding ortho intramolecular Hbond substituents is 1. The molecule has 0 saturated carbocycles. The lowest BCUT2D eigenvalue weighted by Crippen LogP contribution is -2.04. The number of aromatic hydroxyl groups is 1. The SMILES string of the molecule is O=C(O)c1cccc(COc2ccc(O)cc2)n1. The van der Waals surface area contributed by atoms with Gasteiger partial charge in [0.2, 0.25) is 0 Å².